The molecule has 0 aliphatic carbocycles. The first-order chi connectivity index (χ1) is 4.83. The Morgan fingerprint density at radius 1 is 1.55 bits per heavy atom. The zero-order chi connectivity index (χ0) is 7.40. The summed E-state index contributed by atoms with van der Waals surface area (Å²) in [7, 11) is 0. The average Bonchev–Trinajstić information content (AvgIpc) is 1.88. The Bertz CT molecular complexity index is 233. The normalized spacial score (nSPS) is 8.45. The molecule has 0 heterocycles. The van der Waals surface area contributed by atoms with Crippen LogP contribution in [0.4, 0.5) is 0 Å². The Morgan fingerprint density at radius 3 is 2.82 bits per heavy atom. The molecule has 0 atom stereocenters. The summed E-state index contributed by atoms with van der Waals surface area (Å²) in [5, 5.41) is 0. The largest absolute Gasteiger partial charge is 0.171 e. The smallest absolute Gasteiger partial charge is 0 e. The number of hydrogen-bond acceptors (Lipinski definition) is 0. The molecule has 0 aliphatic rings. The number of allylic oxidation sites excluding steroid dienone is 1. The monoisotopic (exact) mass is 510 g/mol. The van der Waals surface area contributed by atoms with Gasteiger partial charge in [-0.3, -0.25) is 0 Å². The van der Waals surface area contributed by atoms with Crippen LogP contribution in [-0.2, 0) is 6.42 Å². The van der Waals surface area contributed by atoms with Crippen molar-refractivity contribution in [3.8, 4) is 0 Å². The molecule has 1 rings (SSSR count). The molecular weight excluding hydrogens is 502 g/mol. The number of hydrogen-bond donors (Lipinski definition) is 0. The van der Waals surface area contributed by atoms with Gasteiger partial charge in [0, 0.05) is 0 Å². The van der Waals surface area contributed by atoms with E-state index in [1.54, 1.807) is 0 Å². The average molecular weight is 510 g/mol. The second-order valence-electron chi connectivity index (χ2n) is 2.02. The predicted molar refractivity (Wildman–Crippen MR) is 51.9 cm³/mol. The molecule has 0 bridgehead atoms. The zero-order valence-corrected chi connectivity index (χ0v) is 14.9. The van der Waals surface area contributed by atoms with Crippen molar-refractivity contribution in [2.45, 2.75) is 6.42 Å². The van der Waals surface area contributed by atoms with E-state index in [0.717, 1.165) is 9.99 Å². The van der Waals surface area contributed by atoms with Crippen LogP contribution < -0.4 is 0 Å². The maximum absolute atomic E-state index is 3.66. The summed E-state index contributed by atoms with van der Waals surface area (Å²) < 4.78 is 1.16. The van der Waals surface area contributed by atoms with E-state index in [2.05, 4.69) is 41.3 Å². The molecule has 0 fully saturated rings. The van der Waals surface area contributed by atoms with Gasteiger partial charge in [0.1, 0.15) is 0 Å². The Kier molecular flexibility index (Phi) is 3.96. The summed E-state index contributed by atoms with van der Waals surface area (Å²) in [5.41, 5.74) is 1.21. The van der Waals surface area contributed by atoms with Gasteiger partial charge in [-0.25, -0.2) is 0 Å². The first-order valence-electron chi connectivity index (χ1n) is 3.10. The van der Waals surface area contributed by atoms with E-state index in [1.165, 1.54) is 5.56 Å². The van der Waals surface area contributed by atoms with Gasteiger partial charge < -0.3 is 0 Å². The van der Waals surface area contributed by atoms with Gasteiger partial charge in [-0.2, -0.15) is 29.8 Å². The predicted octanol–water partition coefficient (Wildman–Crippen LogP) is 2.82. The van der Waals surface area contributed by atoms with Crippen molar-refractivity contribution in [1.82, 2.24) is 0 Å². The van der Waals surface area contributed by atoms with Crippen molar-refractivity contribution in [3.63, 3.8) is 0 Å². The van der Waals surface area contributed by atoms with E-state index >= 15 is 0 Å². The number of rotatable bonds is 2. The van der Waals surface area contributed by atoms with Crippen molar-refractivity contribution in [3.05, 3.63) is 46.1 Å². The second-order valence-corrected chi connectivity index (χ2v) is 3.18. The minimum Gasteiger partial charge on any atom is -0.171 e. The summed E-state index contributed by atoms with van der Waals surface area (Å²) in [6.07, 6.45) is 2.80. The molecule has 0 aliphatic heterocycles. The Morgan fingerprint density at radius 2 is 2.27 bits per heavy atom. The molecule has 1 aromatic rings. The van der Waals surface area contributed by atoms with E-state index in [9.17, 15) is 0 Å². The molecule has 2 heteroatoms. The molecule has 0 nitrogen and oxygen atoms in total. The fourth-order valence-corrected chi connectivity index (χ4v) is 1.31. The Labute approximate surface area is 75.1 Å². The third-order valence-corrected chi connectivity index (χ3v) is 1.81. The van der Waals surface area contributed by atoms with Crippen molar-refractivity contribution in [2.75, 3.05) is 0 Å². The first kappa shape index (κ1) is 9.69. The van der Waals surface area contributed by atoms with Crippen LogP contribution in [0.2, 0.25) is 0 Å². The molecular formula is C9H8IRf-. The fraction of sp³-hybridized carbons (Fsp3) is 0.111. The summed E-state index contributed by atoms with van der Waals surface area (Å²) >= 11 is 2.26. The van der Waals surface area contributed by atoms with Crippen LogP contribution in [0.3, 0.4) is 0 Å². The third kappa shape index (κ3) is 2.85. The van der Waals surface area contributed by atoms with Crippen LogP contribution in [0, 0.1) is 9.64 Å². The molecule has 0 radical (unpaired) electrons. The molecule has 0 saturated heterocycles. The Balaban J connectivity index is 0.000001000. The molecule has 11 heavy (non-hydrogen) atoms. The molecule has 0 aromatic heterocycles. The fourth-order valence-electron chi connectivity index (χ4n) is 0.760. The minimum absolute atomic E-state index is 0. The third-order valence-electron chi connectivity index (χ3n) is 1.18. The van der Waals surface area contributed by atoms with Gasteiger partial charge in [-0.15, -0.1) is 6.58 Å². The van der Waals surface area contributed by atoms with Crippen molar-refractivity contribution >= 4 is 22.6 Å². The van der Waals surface area contributed by atoms with E-state index in [0.29, 0.717) is 0 Å². The van der Waals surface area contributed by atoms with Crippen LogP contribution in [-0.4, -0.2) is 0 Å². The minimum atomic E-state index is 0. The second kappa shape index (κ2) is 4.50. The van der Waals surface area contributed by atoms with Crippen LogP contribution >= 0.6 is 22.6 Å². The summed E-state index contributed by atoms with van der Waals surface area (Å²) in [6.45, 7) is 3.66. The first-order valence-corrected chi connectivity index (χ1v) is 4.18. The molecule has 0 saturated carbocycles. The molecule has 0 spiro atoms. The topological polar surface area (TPSA) is 0 Å². The van der Waals surface area contributed by atoms with Gasteiger partial charge in [0.05, 0.1) is 0 Å². The van der Waals surface area contributed by atoms with Crippen LogP contribution in [0.1, 0.15) is 5.56 Å². The van der Waals surface area contributed by atoms with Crippen molar-refractivity contribution in [2.24, 2.45) is 0 Å². The quantitative estimate of drug-likeness (QED) is 0.327. The SMILES string of the molecule is C=CCc1[c-]c(I)ccc1.[Rf]. The maximum atomic E-state index is 3.66. The summed E-state index contributed by atoms with van der Waals surface area (Å²) in [5.74, 6) is 0. The van der Waals surface area contributed by atoms with E-state index in [4.69, 9.17) is 0 Å². The van der Waals surface area contributed by atoms with E-state index < -0.39 is 0 Å². The molecule has 0 N–H and O–H groups in total. The number of halogens is 1. The summed E-state index contributed by atoms with van der Waals surface area (Å²) in [4.78, 5) is 0. The van der Waals surface area contributed by atoms with Crippen LogP contribution in [0.15, 0.2) is 30.9 Å². The van der Waals surface area contributed by atoms with Crippen LogP contribution in [0.25, 0.3) is 0 Å². The van der Waals surface area contributed by atoms with Gasteiger partial charge >= 0.3 is 0 Å². The Hall–Kier alpha value is -1.31. The van der Waals surface area contributed by atoms with Gasteiger partial charge in [0.2, 0.25) is 0 Å². The maximum Gasteiger partial charge on any atom is 0 e. The standard InChI is InChI=1S/C9H8I.Rf/c1-2-4-8-5-3-6-9(10)7-8;/h2-3,5-6H,1,4H2;/q-1;. The molecule has 0 unspecified atom stereocenters. The molecule has 54 valence electrons. The van der Waals surface area contributed by atoms with Gasteiger partial charge in [0.15, 0.2) is 0 Å². The van der Waals surface area contributed by atoms with E-state index in [-0.39, 0.29) is 0 Å². The van der Waals surface area contributed by atoms with E-state index in [1.807, 2.05) is 18.2 Å². The van der Waals surface area contributed by atoms with Gasteiger partial charge in [-0.05, 0) is 6.42 Å². The number of benzene rings is 1. The van der Waals surface area contributed by atoms with Crippen LogP contribution in [0.5, 0.6) is 0 Å². The molecule has 1 aromatic carbocycles. The van der Waals surface area contributed by atoms with Crippen molar-refractivity contribution in [1.29, 1.82) is 0 Å². The van der Waals surface area contributed by atoms with Gasteiger partial charge in [-0.1, -0.05) is 32.2 Å². The van der Waals surface area contributed by atoms with Gasteiger partial charge in [0.25, 0.3) is 0 Å². The zero-order valence-electron chi connectivity index (χ0n) is 6.31. The van der Waals surface area contributed by atoms with Crippen molar-refractivity contribution < 1.29 is 0 Å². The molecule has 0 amide bonds. The summed E-state index contributed by atoms with van der Waals surface area (Å²) in [6, 6.07) is 9.36.